The summed E-state index contributed by atoms with van der Waals surface area (Å²) < 4.78 is 4.99. The minimum Gasteiger partial charge on any atom is -0.383 e. The number of rotatable bonds is 6. The SMILES string of the molecule is COCC(C)NC(=O)C(C)Sc1ccc(C)cc1. The molecule has 1 aromatic carbocycles. The number of hydrogen-bond acceptors (Lipinski definition) is 3. The van der Waals surface area contributed by atoms with Crippen molar-refractivity contribution in [2.45, 2.75) is 37.0 Å². The van der Waals surface area contributed by atoms with Crippen LogP contribution in [0.2, 0.25) is 0 Å². The van der Waals surface area contributed by atoms with Crippen molar-refractivity contribution in [3.05, 3.63) is 29.8 Å². The Hall–Kier alpha value is -1.00. The van der Waals surface area contributed by atoms with Crippen molar-refractivity contribution >= 4 is 17.7 Å². The van der Waals surface area contributed by atoms with Crippen molar-refractivity contribution in [2.24, 2.45) is 0 Å². The lowest BCUT2D eigenvalue weighted by molar-refractivity contribution is -0.121. The van der Waals surface area contributed by atoms with Crippen LogP contribution in [0.5, 0.6) is 0 Å². The van der Waals surface area contributed by atoms with Gasteiger partial charge in [0.1, 0.15) is 0 Å². The van der Waals surface area contributed by atoms with Gasteiger partial charge in [0.2, 0.25) is 5.91 Å². The zero-order chi connectivity index (χ0) is 13.5. The molecule has 0 aromatic heterocycles. The summed E-state index contributed by atoms with van der Waals surface area (Å²) in [7, 11) is 1.63. The quantitative estimate of drug-likeness (QED) is 0.805. The molecule has 0 aliphatic carbocycles. The molecular formula is C14H21NO2S. The largest absolute Gasteiger partial charge is 0.383 e. The van der Waals surface area contributed by atoms with E-state index in [1.165, 1.54) is 5.56 Å². The minimum absolute atomic E-state index is 0.0450. The maximum atomic E-state index is 11.9. The lowest BCUT2D eigenvalue weighted by atomic mass is 10.2. The molecule has 0 aliphatic heterocycles. The minimum atomic E-state index is -0.105. The van der Waals surface area contributed by atoms with E-state index in [0.29, 0.717) is 6.61 Å². The van der Waals surface area contributed by atoms with Gasteiger partial charge in [0, 0.05) is 18.0 Å². The molecule has 2 atom stereocenters. The van der Waals surface area contributed by atoms with E-state index in [1.54, 1.807) is 18.9 Å². The summed E-state index contributed by atoms with van der Waals surface area (Å²) in [6, 6.07) is 8.25. The fourth-order valence-corrected chi connectivity index (χ4v) is 2.40. The summed E-state index contributed by atoms with van der Waals surface area (Å²) in [6.07, 6.45) is 0. The Morgan fingerprint density at radius 1 is 1.33 bits per heavy atom. The van der Waals surface area contributed by atoms with Gasteiger partial charge in [0.05, 0.1) is 11.9 Å². The second kappa shape index (κ2) is 7.44. The zero-order valence-corrected chi connectivity index (χ0v) is 12.2. The van der Waals surface area contributed by atoms with Gasteiger partial charge in [0.25, 0.3) is 0 Å². The molecule has 0 saturated carbocycles. The first kappa shape index (κ1) is 15.1. The van der Waals surface area contributed by atoms with E-state index >= 15 is 0 Å². The van der Waals surface area contributed by atoms with Crippen LogP contribution in [0.25, 0.3) is 0 Å². The fraction of sp³-hybridized carbons (Fsp3) is 0.500. The number of methoxy groups -OCH3 is 1. The van der Waals surface area contributed by atoms with E-state index in [9.17, 15) is 4.79 Å². The van der Waals surface area contributed by atoms with E-state index in [4.69, 9.17) is 4.74 Å². The molecule has 0 heterocycles. The normalized spacial score (nSPS) is 14.0. The molecule has 1 N–H and O–H groups in total. The van der Waals surface area contributed by atoms with Gasteiger partial charge in [-0.1, -0.05) is 17.7 Å². The zero-order valence-electron chi connectivity index (χ0n) is 11.4. The Morgan fingerprint density at radius 3 is 2.50 bits per heavy atom. The van der Waals surface area contributed by atoms with Crippen LogP contribution in [0, 0.1) is 6.92 Å². The predicted molar refractivity (Wildman–Crippen MR) is 76.0 cm³/mol. The maximum absolute atomic E-state index is 11.9. The van der Waals surface area contributed by atoms with E-state index in [2.05, 4.69) is 24.4 Å². The van der Waals surface area contributed by atoms with Crippen molar-refractivity contribution in [2.75, 3.05) is 13.7 Å². The number of aryl methyl sites for hydroxylation is 1. The number of thioether (sulfide) groups is 1. The summed E-state index contributed by atoms with van der Waals surface area (Å²) in [4.78, 5) is 13.0. The number of nitrogens with one attached hydrogen (secondary N) is 1. The molecule has 0 aliphatic rings. The standard InChI is InChI=1S/C14H21NO2S/c1-10-5-7-13(8-6-10)18-12(3)14(16)15-11(2)9-17-4/h5-8,11-12H,9H2,1-4H3,(H,15,16). The molecule has 100 valence electrons. The average molecular weight is 267 g/mol. The van der Waals surface area contributed by atoms with Crippen LogP contribution >= 0.6 is 11.8 Å². The van der Waals surface area contributed by atoms with Crippen LogP contribution in [0.1, 0.15) is 19.4 Å². The van der Waals surface area contributed by atoms with Gasteiger partial charge in [-0.2, -0.15) is 0 Å². The lowest BCUT2D eigenvalue weighted by Crippen LogP contribution is -2.39. The predicted octanol–water partition coefficient (Wildman–Crippen LogP) is 2.63. The highest BCUT2D eigenvalue weighted by molar-refractivity contribution is 8.00. The number of benzene rings is 1. The summed E-state index contributed by atoms with van der Waals surface area (Å²) >= 11 is 1.57. The third kappa shape index (κ3) is 5.10. The third-order valence-corrected chi connectivity index (χ3v) is 3.62. The second-order valence-electron chi connectivity index (χ2n) is 4.44. The van der Waals surface area contributed by atoms with Crippen LogP contribution in [0.4, 0.5) is 0 Å². The van der Waals surface area contributed by atoms with Gasteiger partial charge in [-0.25, -0.2) is 0 Å². The Balaban J connectivity index is 2.46. The molecule has 1 rings (SSSR count). The molecule has 0 spiro atoms. The van der Waals surface area contributed by atoms with Crippen molar-refractivity contribution in [3.63, 3.8) is 0 Å². The molecule has 18 heavy (non-hydrogen) atoms. The Bertz CT molecular complexity index is 378. The molecule has 4 heteroatoms. The molecule has 1 aromatic rings. The molecule has 0 radical (unpaired) electrons. The average Bonchev–Trinajstić information content (AvgIpc) is 2.32. The van der Waals surface area contributed by atoms with Crippen molar-refractivity contribution in [1.82, 2.24) is 5.32 Å². The van der Waals surface area contributed by atoms with Crippen LogP contribution in [-0.4, -0.2) is 30.9 Å². The smallest absolute Gasteiger partial charge is 0.233 e. The first-order chi connectivity index (χ1) is 8.52. The summed E-state index contributed by atoms with van der Waals surface area (Å²) in [5.74, 6) is 0.0464. The Labute approximate surface area is 113 Å². The fourth-order valence-electron chi connectivity index (χ4n) is 1.53. The summed E-state index contributed by atoms with van der Waals surface area (Å²) in [5, 5.41) is 2.82. The molecule has 1 amide bonds. The summed E-state index contributed by atoms with van der Waals surface area (Å²) in [6.45, 7) is 6.44. The van der Waals surface area contributed by atoms with Crippen LogP contribution < -0.4 is 5.32 Å². The molecule has 0 saturated heterocycles. The third-order valence-electron chi connectivity index (χ3n) is 2.51. The van der Waals surface area contributed by atoms with Gasteiger partial charge in [-0.3, -0.25) is 4.79 Å². The number of carbonyl (C=O) groups excluding carboxylic acids is 1. The van der Waals surface area contributed by atoms with Gasteiger partial charge in [-0.15, -0.1) is 11.8 Å². The molecular weight excluding hydrogens is 246 g/mol. The van der Waals surface area contributed by atoms with Crippen molar-refractivity contribution < 1.29 is 9.53 Å². The highest BCUT2D eigenvalue weighted by Gasteiger charge is 2.16. The topological polar surface area (TPSA) is 38.3 Å². The van der Waals surface area contributed by atoms with E-state index in [-0.39, 0.29) is 17.2 Å². The number of carbonyl (C=O) groups is 1. The second-order valence-corrected chi connectivity index (χ2v) is 5.85. The highest BCUT2D eigenvalue weighted by Crippen LogP contribution is 2.23. The molecule has 0 bridgehead atoms. The molecule has 0 fully saturated rings. The number of hydrogen-bond donors (Lipinski definition) is 1. The summed E-state index contributed by atoms with van der Waals surface area (Å²) in [5.41, 5.74) is 1.23. The van der Waals surface area contributed by atoms with Crippen LogP contribution in [0.15, 0.2) is 29.2 Å². The van der Waals surface area contributed by atoms with E-state index < -0.39 is 0 Å². The van der Waals surface area contributed by atoms with Gasteiger partial charge in [0.15, 0.2) is 0 Å². The lowest BCUT2D eigenvalue weighted by Gasteiger charge is -2.16. The number of amides is 1. The Morgan fingerprint density at radius 2 is 1.94 bits per heavy atom. The van der Waals surface area contributed by atoms with Gasteiger partial charge < -0.3 is 10.1 Å². The van der Waals surface area contributed by atoms with Crippen LogP contribution in [0.3, 0.4) is 0 Å². The van der Waals surface area contributed by atoms with Gasteiger partial charge in [-0.05, 0) is 32.9 Å². The highest BCUT2D eigenvalue weighted by atomic mass is 32.2. The monoisotopic (exact) mass is 267 g/mol. The van der Waals surface area contributed by atoms with E-state index in [0.717, 1.165) is 4.90 Å². The molecule has 3 nitrogen and oxygen atoms in total. The van der Waals surface area contributed by atoms with Gasteiger partial charge >= 0.3 is 0 Å². The first-order valence-corrected chi connectivity index (χ1v) is 6.93. The molecule has 2 unspecified atom stereocenters. The van der Waals surface area contributed by atoms with Crippen LogP contribution in [-0.2, 0) is 9.53 Å². The maximum Gasteiger partial charge on any atom is 0.233 e. The number of ether oxygens (including phenoxy) is 1. The first-order valence-electron chi connectivity index (χ1n) is 6.05. The van der Waals surface area contributed by atoms with E-state index in [1.807, 2.05) is 26.0 Å². The van der Waals surface area contributed by atoms with Crippen molar-refractivity contribution in [3.8, 4) is 0 Å². The van der Waals surface area contributed by atoms with Crippen molar-refractivity contribution in [1.29, 1.82) is 0 Å². The Kier molecular flexibility index (Phi) is 6.22.